The number of ether oxygens (including phenoxy) is 1. The van der Waals surface area contributed by atoms with Gasteiger partial charge in [-0.15, -0.1) is 5.06 Å². The largest absolute Gasteiger partial charge is 0.457 e. The van der Waals surface area contributed by atoms with E-state index in [2.05, 4.69) is 61.9 Å². The molecule has 1 fully saturated rings. The van der Waals surface area contributed by atoms with Gasteiger partial charge >= 0.3 is 6.09 Å². The summed E-state index contributed by atoms with van der Waals surface area (Å²) in [5.41, 5.74) is 6.84. The third-order valence-electron chi connectivity index (χ3n) is 6.69. The normalized spacial score (nSPS) is 17.1. The predicted molar refractivity (Wildman–Crippen MR) is 144 cm³/mol. The molecule has 0 saturated carbocycles. The lowest BCUT2D eigenvalue weighted by molar-refractivity contribution is -0.153. The zero-order valence-corrected chi connectivity index (χ0v) is 21.5. The van der Waals surface area contributed by atoms with Gasteiger partial charge in [-0.25, -0.2) is 4.79 Å². The first-order valence-corrected chi connectivity index (χ1v) is 12.6. The summed E-state index contributed by atoms with van der Waals surface area (Å²) in [4.78, 5) is 24.0. The second-order valence-electron chi connectivity index (χ2n) is 10.5. The fraction of sp³-hybridized carbons (Fsp3) is 0.300. The maximum atomic E-state index is 12.4. The van der Waals surface area contributed by atoms with E-state index in [4.69, 9.17) is 14.4 Å². The lowest BCUT2D eigenvalue weighted by Gasteiger charge is -2.35. The van der Waals surface area contributed by atoms with E-state index in [1.807, 2.05) is 30.3 Å². The van der Waals surface area contributed by atoms with Crippen molar-refractivity contribution in [1.82, 2.24) is 10.5 Å². The molecule has 0 atom stereocenters. The summed E-state index contributed by atoms with van der Waals surface area (Å²) in [6, 6.07) is 25.3. The highest BCUT2D eigenvalue weighted by Crippen LogP contribution is 2.35. The van der Waals surface area contributed by atoms with Crippen LogP contribution in [-0.2, 0) is 15.1 Å². The molecule has 0 radical (unpaired) electrons. The quantitative estimate of drug-likeness (QED) is 0.410. The van der Waals surface area contributed by atoms with E-state index in [-0.39, 0.29) is 5.41 Å². The number of hydrogen-bond donors (Lipinski definition) is 2. The number of amides is 1. The summed E-state index contributed by atoms with van der Waals surface area (Å²) < 4.78 is 5.79. The van der Waals surface area contributed by atoms with E-state index in [9.17, 15) is 4.79 Å². The first-order chi connectivity index (χ1) is 17.8. The molecule has 1 amide bonds. The number of carbonyl (C=O) groups is 1. The number of hydrogen-bond acceptors (Lipinski definition) is 6. The summed E-state index contributed by atoms with van der Waals surface area (Å²) in [6.45, 7) is 7.78. The fourth-order valence-electron chi connectivity index (χ4n) is 4.46. The Bertz CT molecular complexity index is 1240. The topological polar surface area (TPSA) is 72.1 Å². The van der Waals surface area contributed by atoms with Crippen molar-refractivity contribution in [2.75, 3.05) is 18.4 Å². The predicted octanol–water partition coefficient (Wildman–Crippen LogP) is 6.65. The zero-order chi connectivity index (χ0) is 25.9. The number of nitrogens with one attached hydrogen (secondary N) is 2. The number of anilines is 1. The summed E-state index contributed by atoms with van der Waals surface area (Å²) in [7, 11) is 0. The molecule has 7 nitrogen and oxygen atoms in total. The van der Waals surface area contributed by atoms with Crippen molar-refractivity contribution in [2.24, 2.45) is 0 Å². The molecule has 3 aromatic carbocycles. The van der Waals surface area contributed by atoms with Gasteiger partial charge in [-0.1, -0.05) is 63.2 Å². The maximum absolute atomic E-state index is 12.4. The van der Waals surface area contributed by atoms with Crippen LogP contribution in [-0.4, -0.2) is 29.8 Å². The second kappa shape index (κ2) is 10.3. The van der Waals surface area contributed by atoms with Crippen molar-refractivity contribution in [2.45, 2.75) is 44.6 Å². The van der Waals surface area contributed by atoms with Gasteiger partial charge in [-0.3, -0.25) is 15.6 Å². The van der Waals surface area contributed by atoms with Crippen molar-refractivity contribution >= 4 is 17.5 Å². The van der Waals surface area contributed by atoms with Gasteiger partial charge < -0.3 is 9.57 Å². The average molecular weight is 500 g/mol. The Hall–Kier alpha value is -3.81. The van der Waals surface area contributed by atoms with Gasteiger partial charge in [0.15, 0.2) is 0 Å². The third kappa shape index (κ3) is 6.13. The Kier molecular flexibility index (Phi) is 6.91. The van der Waals surface area contributed by atoms with Crippen LogP contribution in [0.5, 0.6) is 11.5 Å². The molecule has 1 spiro atoms. The molecule has 0 aliphatic carbocycles. The zero-order valence-electron chi connectivity index (χ0n) is 21.5. The second-order valence-corrected chi connectivity index (χ2v) is 10.5. The Labute approximate surface area is 217 Å². The van der Waals surface area contributed by atoms with E-state index in [1.54, 1.807) is 29.3 Å². The van der Waals surface area contributed by atoms with E-state index < -0.39 is 11.7 Å². The van der Waals surface area contributed by atoms with Crippen LogP contribution < -0.4 is 15.5 Å². The lowest BCUT2D eigenvalue weighted by atomic mass is 9.86. The lowest BCUT2D eigenvalue weighted by Crippen LogP contribution is -2.45. The van der Waals surface area contributed by atoms with E-state index in [1.165, 1.54) is 5.56 Å². The first-order valence-electron chi connectivity index (χ1n) is 12.6. The van der Waals surface area contributed by atoms with E-state index in [0.29, 0.717) is 37.4 Å². The first kappa shape index (κ1) is 24.9. The molecule has 0 bridgehead atoms. The van der Waals surface area contributed by atoms with Gasteiger partial charge in [0, 0.05) is 18.8 Å². The molecule has 0 aromatic heterocycles. The van der Waals surface area contributed by atoms with Gasteiger partial charge in [0.25, 0.3) is 0 Å². The van der Waals surface area contributed by atoms with E-state index in [0.717, 1.165) is 17.0 Å². The number of piperidine rings is 1. The van der Waals surface area contributed by atoms with Crippen molar-refractivity contribution < 1.29 is 19.2 Å². The van der Waals surface area contributed by atoms with Gasteiger partial charge in [0.05, 0.1) is 5.70 Å². The smallest absolute Gasteiger partial charge is 0.430 e. The Morgan fingerprint density at radius 1 is 0.919 bits per heavy atom. The fourth-order valence-corrected chi connectivity index (χ4v) is 4.46. The van der Waals surface area contributed by atoms with Gasteiger partial charge in [0.1, 0.15) is 17.1 Å². The Morgan fingerprint density at radius 3 is 2.22 bits per heavy atom. The number of hydroxylamine groups is 3. The minimum Gasteiger partial charge on any atom is -0.457 e. The van der Waals surface area contributed by atoms with E-state index >= 15 is 0 Å². The molecule has 7 heteroatoms. The molecular weight excluding hydrogens is 466 g/mol. The summed E-state index contributed by atoms with van der Waals surface area (Å²) in [5.74, 6) is 1.45. The van der Waals surface area contributed by atoms with Gasteiger partial charge in [0.2, 0.25) is 0 Å². The SMILES string of the molecule is CC(C)(C)c1ccc(C2=CC3(CCN(OC(=O)Nc4ccc(Oc5ccccc5)cc4)CC3)ON2)cc1. The van der Waals surface area contributed by atoms with Crippen molar-refractivity contribution in [3.8, 4) is 11.5 Å². The number of para-hydroxylation sites is 1. The number of carbonyl (C=O) groups excluding carboxylic acids is 1. The molecule has 0 unspecified atom stereocenters. The standard InChI is InChI=1S/C30H33N3O4/c1-29(2,3)23-11-9-22(10-12-23)27-21-30(37-32-27)17-19-33(20-18-30)36-28(34)31-24-13-15-26(16-14-24)35-25-7-5-4-6-8-25/h4-16,21,32H,17-20H2,1-3H3,(H,31,34). The monoisotopic (exact) mass is 499 g/mol. The number of benzene rings is 3. The van der Waals surface area contributed by atoms with Crippen LogP contribution in [0.25, 0.3) is 5.70 Å². The van der Waals surface area contributed by atoms with Crippen LogP contribution in [0.15, 0.2) is 84.9 Å². The Morgan fingerprint density at radius 2 is 1.57 bits per heavy atom. The number of nitrogens with zero attached hydrogens (tertiary/aromatic N) is 1. The molecule has 2 aliphatic heterocycles. The average Bonchev–Trinajstić information content (AvgIpc) is 3.30. The summed E-state index contributed by atoms with van der Waals surface area (Å²) >= 11 is 0. The molecule has 37 heavy (non-hydrogen) atoms. The highest BCUT2D eigenvalue weighted by molar-refractivity contribution is 5.84. The Balaban J connectivity index is 1.11. The van der Waals surface area contributed by atoms with Crippen LogP contribution in [0.2, 0.25) is 0 Å². The molecule has 2 aliphatic rings. The molecule has 5 rings (SSSR count). The molecule has 2 N–H and O–H groups in total. The highest BCUT2D eigenvalue weighted by Gasteiger charge is 2.39. The summed E-state index contributed by atoms with van der Waals surface area (Å²) in [6.07, 6.45) is 3.06. The van der Waals surface area contributed by atoms with Gasteiger partial charge in [-0.05, 0) is 71.9 Å². The molecule has 192 valence electrons. The minimum atomic E-state index is -0.520. The van der Waals surface area contributed by atoms with Gasteiger partial charge in [-0.2, -0.15) is 0 Å². The van der Waals surface area contributed by atoms with Crippen LogP contribution in [0.1, 0.15) is 44.7 Å². The molecule has 3 aromatic rings. The van der Waals surface area contributed by atoms with Crippen LogP contribution in [0.4, 0.5) is 10.5 Å². The minimum absolute atomic E-state index is 0.118. The number of rotatable bonds is 5. The van der Waals surface area contributed by atoms with Crippen LogP contribution in [0, 0.1) is 0 Å². The van der Waals surface area contributed by atoms with Crippen LogP contribution >= 0.6 is 0 Å². The molecule has 1 saturated heterocycles. The summed E-state index contributed by atoms with van der Waals surface area (Å²) in [5, 5.41) is 4.45. The van der Waals surface area contributed by atoms with Crippen molar-refractivity contribution in [3.63, 3.8) is 0 Å². The van der Waals surface area contributed by atoms with Crippen molar-refractivity contribution in [3.05, 3.63) is 96.1 Å². The maximum Gasteiger partial charge on any atom is 0.430 e. The molecule has 2 heterocycles. The third-order valence-corrected chi connectivity index (χ3v) is 6.69. The highest BCUT2D eigenvalue weighted by atomic mass is 16.7. The van der Waals surface area contributed by atoms with Crippen molar-refractivity contribution in [1.29, 1.82) is 0 Å². The molecular formula is C30H33N3O4. The van der Waals surface area contributed by atoms with Crippen LogP contribution in [0.3, 0.4) is 0 Å².